The summed E-state index contributed by atoms with van der Waals surface area (Å²) < 4.78 is 14.9. The van der Waals surface area contributed by atoms with Crippen molar-refractivity contribution in [3.8, 4) is 0 Å². The van der Waals surface area contributed by atoms with Gasteiger partial charge in [0.2, 0.25) is 5.91 Å². The van der Waals surface area contributed by atoms with E-state index < -0.39 is 6.04 Å². The predicted molar refractivity (Wildman–Crippen MR) is 82.0 cm³/mol. The number of amides is 1. The molecule has 7 heteroatoms. The molecule has 0 radical (unpaired) electrons. The van der Waals surface area contributed by atoms with Gasteiger partial charge < -0.3 is 5.32 Å². The molecular weight excluding hydrogens is 297 g/mol. The van der Waals surface area contributed by atoms with Crippen LogP contribution < -0.4 is 5.32 Å². The van der Waals surface area contributed by atoms with Gasteiger partial charge >= 0.3 is 0 Å². The van der Waals surface area contributed by atoms with E-state index in [-0.39, 0.29) is 17.8 Å². The van der Waals surface area contributed by atoms with E-state index in [1.165, 1.54) is 16.8 Å². The normalized spacial score (nSPS) is 16.8. The van der Waals surface area contributed by atoms with Crippen molar-refractivity contribution in [3.63, 3.8) is 0 Å². The summed E-state index contributed by atoms with van der Waals surface area (Å²) in [4.78, 5) is 12.7. The second kappa shape index (κ2) is 6.44. The van der Waals surface area contributed by atoms with Crippen LogP contribution in [0, 0.1) is 18.7 Å². The number of halogens is 1. The van der Waals surface area contributed by atoms with Crippen LogP contribution in [-0.2, 0) is 11.2 Å². The Kier molecular flexibility index (Phi) is 4.36. The molecule has 6 nitrogen and oxygen atoms in total. The molecule has 1 saturated carbocycles. The molecule has 1 aromatic carbocycles. The molecule has 1 aromatic heterocycles. The Morgan fingerprint density at radius 1 is 1.48 bits per heavy atom. The largest absolute Gasteiger partial charge is 0.351 e. The quantitative estimate of drug-likeness (QED) is 0.882. The Balaban J connectivity index is 1.81. The van der Waals surface area contributed by atoms with Gasteiger partial charge in [0.05, 0.1) is 0 Å². The average Bonchev–Trinajstić information content (AvgIpc) is 3.28. The topological polar surface area (TPSA) is 72.7 Å². The molecule has 1 N–H and O–H groups in total. The molecule has 0 aliphatic heterocycles. The van der Waals surface area contributed by atoms with Crippen molar-refractivity contribution in [2.24, 2.45) is 5.92 Å². The Hall–Kier alpha value is -2.31. The van der Waals surface area contributed by atoms with Gasteiger partial charge in [-0.3, -0.25) is 4.79 Å². The van der Waals surface area contributed by atoms with Crippen molar-refractivity contribution in [1.29, 1.82) is 0 Å². The fourth-order valence-electron chi connectivity index (χ4n) is 2.74. The van der Waals surface area contributed by atoms with Crippen LogP contribution in [-0.4, -0.2) is 32.2 Å². The lowest BCUT2D eigenvalue weighted by Gasteiger charge is -2.20. The van der Waals surface area contributed by atoms with Crippen LogP contribution in [0.1, 0.15) is 37.2 Å². The van der Waals surface area contributed by atoms with Crippen molar-refractivity contribution in [3.05, 3.63) is 41.5 Å². The molecule has 2 aromatic rings. The van der Waals surface area contributed by atoms with Crippen molar-refractivity contribution in [2.45, 2.75) is 45.2 Å². The number of carbonyl (C=O) groups is 1. The van der Waals surface area contributed by atoms with Gasteiger partial charge in [-0.1, -0.05) is 12.1 Å². The van der Waals surface area contributed by atoms with E-state index in [0.717, 1.165) is 18.4 Å². The molecule has 1 amide bonds. The minimum atomic E-state index is -0.590. The first-order valence-corrected chi connectivity index (χ1v) is 7.84. The highest BCUT2D eigenvalue weighted by atomic mass is 19.1. The molecule has 0 spiro atoms. The van der Waals surface area contributed by atoms with Gasteiger partial charge in [-0.05, 0) is 60.7 Å². The smallest absolute Gasteiger partial charge is 0.245 e. The molecule has 0 saturated heterocycles. The number of aromatic nitrogens is 4. The van der Waals surface area contributed by atoms with Gasteiger partial charge in [0, 0.05) is 12.5 Å². The number of rotatable bonds is 6. The fourth-order valence-corrected chi connectivity index (χ4v) is 2.74. The lowest BCUT2D eigenvalue weighted by Crippen LogP contribution is -2.40. The zero-order valence-electron chi connectivity index (χ0n) is 13.2. The van der Waals surface area contributed by atoms with E-state index in [0.29, 0.717) is 18.2 Å². The highest BCUT2D eigenvalue weighted by molar-refractivity contribution is 5.80. The van der Waals surface area contributed by atoms with Gasteiger partial charge in [-0.25, -0.2) is 9.07 Å². The second-order valence-electron chi connectivity index (χ2n) is 6.16. The highest BCUT2D eigenvalue weighted by Gasteiger charge is 2.32. The molecule has 0 unspecified atom stereocenters. The van der Waals surface area contributed by atoms with Crippen LogP contribution in [0.4, 0.5) is 4.39 Å². The number of nitrogens with one attached hydrogen (secondary N) is 1. The van der Waals surface area contributed by atoms with Crippen molar-refractivity contribution in [2.75, 3.05) is 0 Å². The Morgan fingerprint density at radius 3 is 2.87 bits per heavy atom. The first-order valence-electron chi connectivity index (χ1n) is 7.84. The van der Waals surface area contributed by atoms with E-state index in [2.05, 4.69) is 20.8 Å². The van der Waals surface area contributed by atoms with Crippen LogP contribution in [0.15, 0.2) is 24.3 Å². The number of benzene rings is 1. The average molecular weight is 317 g/mol. The molecule has 3 rings (SSSR count). The minimum Gasteiger partial charge on any atom is -0.351 e. The highest BCUT2D eigenvalue weighted by Crippen LogP contribution is 2.32. The Morgan fingerprint density at radius 2 is 2.26 bits per heavy atom. The molecule has 0 bridgehead atoms. The SMILES string of the molecule is Cc1nnnn1[C@@H](Cc1cccc(F)c1)C(=O)N[C@@H](C)C1CC1. The van der Waals surface area contributed by atoms with Gasteiger partial charge in [0.25, 0.3) is 0 Å². The third-order valence-electron chi connectivity index (χ3n) is 4.27. The van der Waals surface area contributed by atoms with Crippen LogP contribution in [0.5, 0.6) is 0 Å². The van der Waals surface area contributed by atoms with Gasteiger partial charge in [-0.15, -0.1) is 5.10 Å². The summed E-state index contributed by atoms with van der Waals surface area (Å²) in [6.07, 6.45) is 2.65. The monoisotopic (exact) mass is 317 g/mol. The first kappa shape index (κ1) is 15.6. The summed E-state index contributed by atoms with van der Waals surface area (Å²) in [6.45, 7) is 3.76. The number of aryl methyl sites for hydroxylation is 1. The van der Waals surface area contributed by atoms with Gasteiger partial charge in [0.15, 0.2) is 0 Å². The van der Waals surface area contributed by atoms with Crippen molar-refractivity contribution < 1.29 is 9.18 Å². The lowest BCUT2D eigenvalue weighted by atomic mass is 10.0. The molecule has 23 heavy (non-hydrogen) atoms. The van der Waals surface area contributed by atoms with Crippen LogP contribution in [0.25, 0.3) is 0 Å². The summed E-state index contributed by atoms with van der Waals surface area (Å²) in [5.74, 6) is 0.662. The zero-order valence-corrected chi connectivity index (χ0v) is 13.2. The predicted octanol–water partition coefficient (Wildman–Crippen LogP) is 1.82. The molecule has 1 aliphatic rings. The third-order valence-corrected chi connectivity index (χ3v) is 4.27. The lowest BCUT2D eigenvalue weighted by molar-refractivity contribution is -0.125. The van der Waals surface area contributed by atoms with E-state index in [1.54, 1.807) is 19.1 Å². The van der Waals surface area contributed by atoms with E-state index in [1.807, 2.05) is 6.92 Å². The first-order chi connectivity index (χ1) is 11.0. The third kappa shape index (κ3) is 3.72. The maximum atomic E-state index is 13.4. The van der Waals surface area contributed by atoms with Gasteiger partial charge in [0.1, 0.15) is 17.7 Å². The minimum absolute atomic E-state index is 0.134. The number of carbonyl (C=O) groups excluding carboxylic acids is 1. The summed E-state index contributed by atoms with van der Waals surface area (Å²) in [5, 5.41) is 14.4. The van der Waals surface area contributed by atoms with E-state index in [9.17, 15) is 9.18 Å². The van der Waals surface area contributed by atoms with Crippen LogP contribution in [0.2, 0.25) is 0 Å². The summed E-state index contributed by atoms with van der Waals surface area (Å²) in [7, 11) is 0. The standard InChI is InChI=1S/C16H20FN5O/c1-10(13-6-7-13)18-16(23)15(22-11(2)19-20-21-22)9-12-4-3-5-14(17)8-12/h3-5,8,10,13,15H,6-7,9H2,1-2H3,(H,18,23)/t10-,15-/m0/s1. The molecule has 1 heterocycles. The molecular formula is C16H20FN5O. The summed E-state index contributed by atoms with van der Waals surface area (Å²) in [5.41, 5.74) is 0.735. The van der Waals surface area contributed by atoms with Crippen molar-refractivity contribution in [1.82, 2.24) is 25.5 Å². The number of hydrogen-bond acceptors (Lipinski definition) is 4. The van der Waals surface area contributed by atoms with E-state index in [4.69, 9.17) is 0 Å². The molecule has 1 fully saturated rings. The molecule has 1 aliphatic carbocycles. The fraction of sp³-hybridized carbons (Fsp3) is 0.500. The van der Waals surface area contributed by atoms with Crippen LogP contribution >= 0.6 is 0 Å². The maximum Gasteiger partial charge on any atom is 0.245 e. The summed E-state index contributed by atoms with van der Waals surface area (Å²) in [6, 6.07) is 5.80. The maximum absolute atomic E-state index is 13.4. The van der Waals surface area contributed by atoms with Crippen LogP contribution in [0.3, 0.4) is 0 Å². The second-order valence-corrected chi connectivity index (χ2v) is 6.16. The van der Waals surface area contributed by atoms with Gasteiger partial charge in [-0.2, -0.15) is 0 Å². The van der Waals surface area contributed by atoms with Crippen molar-refractivity contribution >= 4 is 5.91 Å². The number of hydrogen-bond donors (Lipinski definition) is 1. The molecule has 2 atom stereocenters. The number of nitrogens with zero attached hydrogens (tertiary/aromatic N) is 4. The summed E-state index contributed by atoms with van der Waals surface area (Å²) >= 11 is 0. The number of tetrazole rings is 1. The Labute approximate surface area is 134 Å². The molecule has 122 valence electrons. The van der Waals surface area contributed by atoms with E-state index >= 15 is 0 Å². The zero-order chi connectivity index (χ0) is 16.4. The Bertz CT molecular complexity index is 697.